The lowest BCUT2D eigenvalue weighted by Crippen LogP contribution is -2.08. The number of aromatic hydroxyl groups is 4. The fourth-order valence-corrected chi connectivity index (χ4v) is 3.62. The van der Waals surface area contributed by atoms with Crippen molar-refractivity contribution in [2.24, 2.45) is 9.98 Å². The number of benzene rings is 4. The molecule has 4 N–H and O–H groups in total. The number of hydrogen-bond acceptors (Lipinski definition) is 6. The van der Waals surface area contributed by atoms with E-state index in [1.54, 1.807) is 12.1 Å². The fourth-order valence-electron chi connectivity index (χ4n) is 3.62. The first-order valence-electron chi connectivity index (χ1n) is 10.8. The zero-order valence-corrected chi connectivity index (χ0v) is 18.3. The second kappa shape index (κ2) is 10.4. The first kappa shape index (κ1) is 22.6. The SMILES string of the molecule is Oc1ccc(/C(=N/CC/N=C(\c2ccccc2)c2ccc(O)cc2O)c2ccccc2)c(O)c1. The molecule has 0 bridgehead atoms. The predicted octanol–water partition coefficient (Wildman–Crippen LogP) is 4.88. The molecule has 0 aliphatic rings. The van der Waals surface area contributed by atoms with Gasteiger partial charge in [0.2, 0.25) is 0 Å². The third-order valence-electron chi connectivity index (χ3n) is 5.21. The molecule has 0 radical (unpaired) electrons. The van der Waals surface area contributed by atoms with E-state index in [1.807, 2.05) is 60.7 Å². The van der Waals surface area contributed by atoms with Gasteiger partial charge in [0, 0.05) is 34.4 Å². The molecular weight excluding hydrogens is 428 g/mol. The highest BCUT2D eigenvalue weighted by Crippen LogP contribution is 2.27. The van der Waals surface area contributed by atoms with E-state index in [4.69, 9.17) is 9.98 Å². The summed E-state index contributed by atoms with van der Waals surface area (Å²) in [6.07, 6.45) is 0. The maximum Gasteiger partial charge on any atom is 0.128 e. The van der Waals surface area contributed by atoms with Crippen LogP contribution in [-0.2, 0) is 0 Å². The quantitative estimate of drug-likeness (QED) is 0.237. The summed E-state index contributed by atoms with van der Waals surface area (Å²) in [5.41, 5.74) is 3.84. The van der Waals surface area contributed by atoms with Crippen molar-refractivity contribution in [1.29, 1.82) is 0 Å². The summed E-state index contributed by atoms with van der Waals surface area (Å²) < 4.78 is 0. The molecule has 0 heterocycles. The third kappa shape index (κ3) is 5.24. The highest BCUT2D eigenvalue weighted by Gasteiger charge is 2.14. The minimum Gasteiger partial charge on any atom is -0.508 e. The molecule has 34 heavy (non-hydrogen) atoms. The molecule has 0 spiro atoms. The van der Waals surface area contributed by atoms with E-state index in [0.29, 0.717) is 35.6 Å². The fraction of sp³-hybridized carbons (Fsp3) is 0.0714. The Balaban J connectivity index is 1.67. The van der Waals surface area contributed by atoms with Crippen LogP contribution in [0.3, 0.4) is 0 Å². The first-order valence-corrected chi connectivity index (χ1v) is 10.8. The summed E-state index contributed by atoms with van der Waals surface area (Å²) in [5, 5.41) is 40.1. The zero-order valence-electron chi connectivity index (χ0n) is 18.3. The largest absolute Gasteiger partial charge is 0.508 e. The lowest BCUT2D eigenvalue weighted by molar-refractivity contribution is 0.449. The lowest BCUT2D eigenvalue weighted by Gasteiger charge is -2.11. The Hall–Kier alpha value is -4.58. The van der Waals surface area contributed by atoms with Gasteiger partial charge in [-0.25, -0.2) is 0 Å². The highest BCUT2D eigenvalue weighted by atomic mass is 16.3. The number of phenolic OH excluding ortho intramolecular Hbond substituents is 4. The molecule has 6 nitrogen and oxygen atoms in total. The van der Waals surface area contributed by atoms with E-state index >= 15 is 0 Å². The van der Waals surface area contributed by atoms with Gasteiger partial charge >= 0.3 is 0 Å². The van der Waals surface area contributed by atoms with E-state index in [-0.39, 0.29) is 23.0 Å². The predicted molar refractivity (Wildman–Crippen MR) is 133 cm³/mol. The van der Waals surface area contributed by atoms with Crippen molar-refractivity contribution in [1.82, 2.24) is 0 Å². The van der Waals surface area contributed by atoms with Crippen LogP contribution in [0.1, 0.15) is 22.3 Å². The maximum absolute atomic E-state index is 10.4. The molecule has 0 saturated carbocycles. The molecule has 0 aliphatic heterocycles. The van der Waals surface area contributed by atoms with Crippen LogP contribution in [0.5, 0.6) is 23.0 Å². The van der Waals surface area contributed by atoms with E-state index in [9.17, 15) is 20.4 Å². The van der Waals surface area contributed by atoms with Gasteiger partial charge < -0.3 is 20.4 Å². The van der Waals surface area contributed by atoms with E-state index in [0.717, 1.165) is 11.1 Å². The van der Waals surface area contributed by atoms with Crippen molar-refractivity contribution in [2.75, 3.05) is 13.1 Å². The molecule has 0 unspecified atom stereocenters. The summed E-state index contributed by atoms with van der Waals surface area (Å²) in [4.78, 5) is 9.43. The molecule has 0 amide bonds. The van der Waals surface area contributed by atoms with E-state index in [2.05, 4.69) is 0 Å². The second-order valence-electron chi connectivity index (χ2n) is 7.60. The van der Waals surface area contributed by atoms with Gasteiger partial charge in [-0.2, -0.15) is 0 Å². The Bertz CT molecular complexity index is 1230. The van der Waals surface area contributed by atoms with Crippen molar-refractivity contribution >= 4 is 11.4 Å². The maximum atomic E-state index is 10.4. The topological polar surface area (TPSA) is 106 Å². The van der Waals surface area contributed by atoms with Crippen molar-refractivity contribution in [3.8, 4) is 23.0 Å². The van der Waals surface area contributed by atoms with E-state index in [1.165, 1.54) is 24.3 Å². The van der Waals surface area contributed by atoms with Gasteiger partial charge in [0.05, 0.1) is 24.5 Å². The Morgan fingerprint density at radius 3 is 1.24 bits per heavy atom. The molecule has 0 fully saturated rings. The van der Waals surface area contributed by atoms with Crippen molar-refractivity contribution < 1.29 is 20.4 Å². The smallest absolute Gasteiger partial charge is 0.128 e. The number of rotatable bonds is 7. The molecule has 4 aromatic carbocycles. The standard InChI is InChI=1S/C28H24N2O4/c31-21-11-13-23(25(33)17-21)27(19-7-3-1-4-8-19)29-15-16-30-28(20-9-5-2-6-10-20)24-14-12-22(32)18-26(24)34/h1-14,17-18,31-34H,15-16H2/b29-27+,30-28+. The molecular formula is C28H24N2O4. The van der Waals surface area contributed by atoms with Crippen LogP contribution in [-0.4, -0.2) is 44.9 Å². The molecule has 6 heteroatoms. The second-order valence-corrected chi connectivity index (χ2v) is 7.60. The van der Waals surface area contributed by atoms with Crippen molar-refractivity contribution in [3.63, 3.8) is 0 Å². The molecule has 0 saturated heterocycles. The number of phenols is 4. The monoisotopic (exact) mass is 452 g/mol. The highest BCUT2D eigenvalue weighted by molar-refractivity contribution is 6.15. The Kier molecular flexibility index (Phi) is 6.89. The summed E-state index contributed by atoms with van der Waals surface area (Å²) in [5.74, 6) is -0.186. The molecule has 4 aromatic rings. The number of hydrogen-bond donors (Lipinski definition) is 4. The van der Waals surface area contributed by atoms with Gasteiger partial charge in [0.25, 0.3) is 0 Å². The summed E-state index contributed by atoms with van der Waals surface area (Å²) in [7, 11) is 0. The molecule has 0 aromatic heterocycles. The van der Waals surface area contributed by atoms with Crippen LogP contribution >= 0.6 is 0 Å². The van der Waals surface area contributed by atoms with Crippen molar-refractivity contribution in [3.05, 3.63) is 119 Å². The molecule has 170 valence electrons. The average molecular weight is 453 g/mol. The van der Waals surface area contributed by atoms with Gasteiger partial charge in [-0.3, -0.25) is 9.98 Å². The molecule has 4 rings (SSSR count). The molecule has 0 atom stereocenters. The van der Waals surface area contributed by atoms with Crippen LogP contribution in [0.4, 0.5) is 0 Å². The van der Waals surface area contributed by atoms with Crippen LogP contribution in [0.25, 0.3) is 0 Å². The first-order chi connectivity index (χ1) is 16.5. The van der Waals surface area contributed by atoms with Gasteiger partial charge in [-0.1, -0.05) is 60.7 Å². The van der Waals surface area contributed by atoms with Crippen LogP contribution in [0.2, 0.25) is 0 Å². The summed E-state index contributed by atoms with van der Waals surface area (Å²) in [6, 6.07) is 27.8. The summed E-state index contributed by atoms with van der Waals surface area (Å²) >= 11 is 0. The number of nitrogens with zero attached hydrogens (tertiary/aromatic N) is 2. The minimum atomic E-state index is -0.0647. The van der Waals surface area contributed by atoms with Gasteiger partial charge in [0.1, 0.15) is 23.0 Å². The van der Waals surface area contributed by atoms with Gasteiger partial charge in [0.15, 0.2) is 0 Å². The Labute approximate surface area is 197 Å². The Morgan fingerprint density at radius 1 is 0.500 bits per heavy atom. The summed E-state index contributed by atoms with van der Waals surface area (Å²) in [6.45, 7) is 0.638. The van der Waals surface area contributed by atoms with Gasteiger partial charge in [-0.15, -0.1) is 0 Å². The van der Waals surface area contributed by atoms with Gasteiger partial charge in [-0.05, 0) is 24.3 Å². The normalized spacial score (nSPS) is 12.0. The Morgan fingerprint density at radius 2 is 0.882 bits per heavy atom. The van der Waals surface area contributed by atoms with Crippen LogP contribution in [0, 0.1) is 0 Å². The number of aliphatic imine (C=N–C) groups is 2. The van der Waals surface area contributed by atoms with Crippen molar-refractivity contribution in [2.45, 2.75) is 0 Å². The molecule has 0 aliphatic carbocycles. The van der Waals surface area contributed by atoms with E-state index < -0.39 is 0 Å². The minimum absolute atomic E-state index is 0.0283. The third-order valence-corrected chi connectivity index (χ3v) is 5.21. The zero-order chi connectivity index (χ0) is 23.9. The average Bonchev–Trinajstić information content (AvgIpc) is 2.84. The lowest BCUT2D eigenvalue weighted by atomic mass is 10.0. The van der Waals surface area contributed by atoms with Crippen LogP contribution in [0.15, 0.2) is 107 Å². The van der Waals surface area contributed by atoms with Crippen LogP contribution < -0.4 is 0 Å².